The van der Waals surface area contributed by atoms with E-state index < -0.39 is 0 Å². The van der Waals surface area contributed by atoms with Crippen LogP contribution in [0.3, 0.4) is 0 Å². The van der Waals surface area contributed by atoms with E-state index in [2.05, 4.69) is 48.6 Å². The smallest absolute Gasteiger partial charge is 0.206 e. The van der Waals surface area contributed by atoms with E-state index in [1.165, 1.54) is 5.56 Å². The summed E-state index contributed by atoms with van der Waals surface area (Å²) in [6.07, 6.45) is 0.909. The summed E-state index contributed by atoms with van der Waals surface area (Å²) in [5.41, 5.74) is 3.87. The van der Waals surface area contributed by atoms with Gasteiger partial charge in [-0.05, 0) is 32.8 Å². The Labute approximate surface area is 103 Å². The zero-order chi connectivity index (χ0) is 12.7. The summed E-state index contributed by atoms with van der Waals surface area (Å²) in [7, 11) is 0. The average Bonchev–Trinajstić information content (AvgIpc) is 2.28. The predicted octanol–water partition coefficient (Wildman–Crippen LogP) is 1.43. The molecule has 0 radical (unpaired) electrons. The van der Waals surface area contributed by atoms with Crippen molar-refractivity contribution in [2.45, 2.75) is 39.3 Å². The molecule has 0 aliphatic carbocycles. The van der Waals surface area contributed by atoms with E-state index >= 15 is 0 Å². The standard InChI is InChI=1S/C13H22N4/c1-10(2)15-13(17-14)16-11(3)9-12-7-5-4-6-8-12/h4-8,10-11H,9,14H2,1-3H3,(H2,15,16,17). The molecule has 0 fully saturated rings. The van der Waals surface area contributed by atoms with Gasteiger partial charge in [-0.25, -0.2) is 10.8 Å². The number of benzene rings is 1. The third kappa shape index (κ3) is 5.36. The monoisotopic (exact) mass is 234 g/mol. The Morgan fingerprint density at radius 1 is 1.24 bits per heavy atom. The van der Waals surface area contributed by atoms with Gasteiger partial charge < -0.3 is 5.32 Å². The normalized spacial score (nSPS) is 13.6. The molecule has 1 aromatic rings. The van der Waals surface area contributed by atoms with Gasteiger partial charge in [0.05, 0.1) is 6.04 Å². The number of nitrogens with zero attached hydrogens (tertiary/aromatic N) is 1. The van der Waals surface area contributed by atoms with Crippen molar-refractivity contribution in [2.75, 3.05) is 0 Å². The number of guanidine groups is 1. The van der Waals surface area contributed by atoms with Gasteiger partial charge in [0.2, 0.25) is 5.96 Å². The van der Waals surface area contributed by atoms with Crippen LogP contribution in [0.4, 0.5) is 0 Å². The molecule has 1 aromatic carbocycles. The second-order valence-electron chi connectivity index (χ2n) is 4.46. The first-order chi connectivity index (χ1) is 8.11. The molecule has 1 unspecified atom stereocenters. The van der Waals surface area contributed by atoms with E-state index in [-0.39, 0.29) is 6.04 Å². The molecule has 0 bridgehead atoms. The summed E-state index contributed by atoms with van der Waals surface area (Å²) in [5.74, 6) is 6.06. The molecular weight excluding hydrogens is 212 g/mol. The molecule has 0 amide bonds. The fourth-order valence-corrected chi connectivity index (χ4v) is 1.61. The zero-order valence-corrected chi connectivity index (χ0v) is 10.8. The molecule has 4 N–H and O–H groups in total. The maximum Gasteiger partial charge on any atom is 0.206 e. The van der Waals surface area contributed by atoms with Gasteiger partial charge in [0.25, 0.3) is 0 Å². The van der Waals surface area contributed by atoms with E-state index in [9.17, 15) is 0 Å². The second kappa shape index (κ2) is 6.91. The highest BCUT2D eigenvalue weighted by Crippen LogP contribution is 2.05. The van der Waals surface area contributed by atoms with Gasteiger partial charge in [0.1, 0.15) is 0 Å². The number of hydrogen-bond acceptors (Lipinski definition) is 2. The Morgan fingerprint density at radius 3 is 2.41 bits per heavy atom. The van der Waals surface area contributed by atoms with E-state index in [0.717, 1.165) is 6.42 Å². The lowest BCUT2D eigenvalue weighted by molar-refractivity contribution is 0.674. The molecule has 1 rings (SSSR count). The summed E-state index contributed by atoms with van der Waals surface area (Å²) in [6, 6.07) is 10.8. The maximum atomic E-state index is 5.42. The van der Waals surface area contributed by atoms with Crippen molar-refractivity contribution in [1.29, 1.82) is 0 Å². The van der Waals surface area contributed by atoms with Crippen LogP contribution in [-0.2, 0) is 6.42 Å². The summed E-state index contributed by atoms with van der Waals surface area (Å²) in [4.78, 5) is 4.50. The number of nitrogens with one attached hydrogen (secondary N) is 2. The Kier molecular flexibility index (Phi) is 5.49. The van der Waals surface area contributed by atoms with Gasteiger partial charge in [-0.15, -0.1) is 0 Å². The zero-order valence-electron chi connectivity index (χ0n) is 10.8. The molecule has 0 aliphatic heterocycles. The molecule has 17 heavy (non-hydrogen) atoms. The second-order valence-corrected chi connectivity index (χ2v) is 4.46. The lowest BCUT2D eigenvalue weighted by Crippen LogP contribution is -2.45. The summed E-state index contributed by atoms with van der Waals surface area (Å²) < 4.78 is 0. The molecule has 4 heteroatoms. The fourth-order valence-electron chi connectivity index (χ4n) is 1.61. The first-order valence-corrected chi connectivity index (χ1v) is 5.96. The molecule has 0 heterocycles. The van der Waals surface area contributed by atoms with Crippen LogP contribution in [0.25, 0.3) is 0 Å². The van der Waals surface area contributed by atoms with Gasteiger partial charge in [-0.1, -0.05) is 30.3 Å². The molecule has 0 aromatic heterocycles. The SMILES string of the molecule is CC(Cc1ccccc1)N=C(NN)NC(C)C. The third-order valence-electron chi connectivity index (χ3n) is 2.29. The topological polar surface area (TPSA) is 62.4 Å². The van der Waals surface area contributed by atoms with Crippen molar-refractivity contribution >= 4 is 5.96 Å². The Bertz CT molecular complexity index is 346. The highest BCUT2D eigenvalue weighted by molar-refractivity contribution is 5.79. The molecule has 0 spiro atoms. The largest absolute Gasteiger partial charge is 0.353 e. The van der Waals surface area contributed by atoms with Gasteiger partial charge in [-0.3, -0.25) is 5.43 Å². The minimum atomic E-state index is 0.190. The van der Waals surface area contributed by atoms with Crippen LogP contribution in [0.5, 0.6) is 0 Å². The quantitative estimate of drug-likeness (QED) is 0.320. The van der Waals surface area contributed by atoms with E-state index in [1.807, 2.05) is 18.2 Å². The summed E-state index contributed by atoms with van der Waals surface area (Å²) in [5, 5.41) is 3.16. The molecule has 1 atom stereocenters. The van der Waals surface area contributed by atoms with Crippen molar-refractivity contribution in [3.8, 4) is 0 Å². The van der Waals surface area contributed by atoms with E-state index in [4.69, 9.17) is 5.84 Å². The summed E-state index contributed by atoms with van der Waals surface area (Å²) >= 11 is 0. The highest BCUT2D eigenvalue weighted by Gasteiger charge is 2.04. The van der Waals surface area contributed by atoms with Crippen LogP contribution in [-0.4, -0.2) is 18.0 Å². The van der Waals surface area contributed by atoms with Crippen LogP contribution < -0.4 is 16.6 Å². The number of aliphatic imine (C=N–C) groups is 1. The van der Waals surface area contributed by atoms with Crippen molar-refractivity contribution in [2.24, 2.45) is 10.8 Å². The lowest BCUT2D eigenvalue weighted by Gasteiger charge is -2.14. The first-order valence-electron chi connectivity index (χ1n) is 5.96. The summed E-state index contributed by atoms with van der Waals surface area (Å²) in [6.45, 7) is 6.18. The minimum absolute atomic E-state index is 0.190. The van der Waals surface area contributed by atoms with Crippen molar-refractivity contribution in [3.63, 3.8) is 0 Å². The van der Waals surface area contributed by atoms with E-state index in [1.54, 1.807) is 0 Å². The number of hydrazine groups is 1. The molecular formula is C13H22N4. The van der Waals surface area contributed by atoms with Gasteiger partial charge in [-0.2, -0.15) is 0 Å². The molecule has 0 saturated heterocycles. The maximum absolute atomic E-state index is 5.42. The average molecular weight is 234 g/mol. The Hall–Kier alpha value is -1.55. The molecule has 4 nitrogen and oxygen atoms in total. The van der Waals surface area contributed by atoms with Crippen LogP contribution >= 0.6 is 0 Å². The molecule has 94 valence electrons. The molecule has 0 saturated carbocycles. The predicted molar refractivity (Wildman–Crippen MR) is 72.6 cm³/mol. The van der Waals surface area contributed by atoms with Crippen LogP contribution in [0.2, 0.25) is 0 Å². The molecule has 0 aliphatic rings. The van der Waals surface area contributed by atoms with Gasteiger partial charge >= 0.3 is 0 Å². The number of rotatable bonds is 4. The third-order valence-corrected chi connectivity index (χ3v) is 2.29. The van der Waals surface area contributed by atoms with Crippen LogP contribution in [0.1, 0.15) is 26.3 Å². The van der Waals surface area contributed by atoms with Crippen molar-refractivity contribution in [3.05, 3.63) is 35.9 Å². The minimum Gasteiger partial charge on any atom is -0.353 e. The lowest BCUT2D eigenvalue weighted by atomic mass is 10.1. The Balaban J connectivity index is 2.57. The van der Waals surface area contributed by atoms with E-state index in [0.29, 0.717) is 12.0 Å². The Morgan fingerprint density at radius 2 is 1.88 bits per heavy atom. The van der Waals surface area contributed by atoms with Gasteiger partial charge in [0, 0.05) is 6.04 Å². The van der Waals surface area contributed by atoms with Crippen LogP contribution in [0.15, 0.2) is 35.3 Å². The fraction of sp³-hybridized carbons (Fsp3) is 0.462. The van der Waals surface area contributed by atoms with Crippen molar-refractivity contribution < 1.29 is 0 Å². The van der Waals surface area contributed by atoms with Crippen LogP contribution in [0, 0.1) is 0 Å². The van der Waals surface area contributed by atoms with Crippen molar-refractivity contribution in [1.82, 2.24) is 10.7 Å². The first kappa shape index (κ1) is 13.5. The highest BCUT2D eigenvalue weighted by atomic mass is 15.3. The number of nitrogens with two attached hydrogens (primary N) is 1. The number of hydrogen-bond donors (Lipinski definition) is 3. The van der Waals surface area contributed by atoms with Gasteiger partial charge in [0.15, 0.2) is 0 Å².